The summed E-state index contributed by atoms with van der Waals surface area (Å²) in [5.74, 6) is 0.574. The largest absolute Gasteiger partial charge is 0.330 e. The Morgan fingerprint density at radius 1 is 1.12 bits per heavy atom. The van der Waals surface area contributed by atoms with E-state index in [-0.39, 0.29) is 23.8 Å². The number of nitrogens with one attached hydrogen (secondary N) is 1. The van der Waals surface area contributed by atoms with Crippen molar-refractivity contribution in [2.75, 3.05) is 11.9 Å². The third-order valence-corrected chi connectivity index (χ3v) is 6.80. The standard InChI is InChI=1S/C19H30N4O2S/c1-3-13(4-2)17-21-22-19(26-17)20-16(24)15-11-8-12-23(15)18(25)14-9-6-5-7-10-14/h13-15H,3-12H2,1-2H3,(H,20,22,24). The van der Waals surface area contributed by atoms with E-state index in [0.29, 0.717) is 17.6 Å². The first-order valence-electron chi connectivity index (χ1n) is 10.1. The summed E-state index contributed by atoms with van der Waals surface area (Å²) in [7, 11) is 0. The molecule has 7 heteroatoms. The van der Waals surface area contributed by atoms with Crippen molar-refractivity contribution < 1.29 is 9.59 Å². The summed E-state index contributed by atoms with van der Waals surface area (Å²) in [5.41, 5.74) is 0. The molecule has 2 heterocycles. The second kappa shape index (κ2) is 8.93. The molecule has 2 aliphatic rings. The van der Waals surface area contributed by atoms with Crippen LogP contribution in [-0.4, -0.2) is 39.5 Å². The molecule has 26 heavy (non-hydrogen) atoms. The van der Waals surface area contributed by atoms with Gasteiger partial charge in [0.1, 0.15) is 11.0 Å². The Hall–Kier alpha value is -1.50. The lowest BCUT2D eigenvalue weighted by Gasteiger charge is -2.29. The second-order valence-corrected chi connectivity index (χ2v) is 8.48. The number of aromatic nitrogens is 2. The molecule has 1 saturated heterocycles. The van der Waals surface area contributed by atoms with Gasteiger partial charge in [-0.05, 0) is 38.5 Å². The van der Waals surface area contributed by atoms with Crippen molar-refractivity contribution in [2.24, 2.45) is 5.92 Å². The number of carbonyl (C=O) groups excluding carboxylic acids is 2. The summed E-state index contributed by atoms with van der Waals surface area (Å²) >= 11 is 1.46. The third kappa shape index (κ3) is 4.24. The minimum absolute atomic E-state index is 0.111. The Kier molecular flexibility index (Phi) is 6.62. The van der Waals surface area contributed by atoms with Crippen molar-refractivity contribution in [1.29, 1.82) is 0 Å². The molecule has 1 N–H and O–H groups in total. The van der Waals surface area contributed by atoms with Crippen molar-refractivity contribution in [3.63, 3.8) is 0 Å². The van der Waals surface area contributed by atoms with Crippen LogP contribution >= 0.6 is 11.3 Å². The normalized spacial score (nSPS) is 21.3. The highest BCUT2D eigenvalue weighted by atomic mass is 32.1. The molecule has 144 valence electrons. The van der Waals surface area contributed by atoms with E-state index in [0.717, 1.165) is 56.4 Å². The van der Waals surface area contributed by atoms with E-state index >= 15 is 0 Å². The van der Waals surface area contributed by atoms with Gasteiger partial charge in [-0.1, -0.05) is 44.4 Å². The smallest absolute Gasteiger partial charge is 0.249 e. The van der Waals surface area contributed by atoms with Gasteiger partial charge in [0.25, 0.3) is 0 Å². The van der Waals surface area contributed by atoms with E-state index in [2.05, 4.69) is 29.4 Å². The highest BCUT2D eigenvalue weighted by Crippen LogP contribution is 2.31. The van der Waals surface area contributed by atoms with Gasteiger partial charge in [0.05, 0.1) is 0 Å². The summed E-state index contributed by atoms with van der Waals surface area (Å²) in [6, 6.07) is -0.357. The summed E-state index contributed by atoms with van der Waals surface area (Å²) < 4.78 is 0. The summed E-state index contributed by atoms with van der Waals surface area (Å²) in [6.07, 6.45) is 9.10. The number of likely N-dealkylation sites (tertiary alicyclic amines) is 1. The third-order valence-electron chi connectivity index (χ3n) is 5.80. The molecule has 6 nitrogen and oxygen atoms in total. The van der Waals surface area contributed by atoms with E-state index in [1.165, 1.54) is 17.8 Å². The van der Waals surface area contributed by atoms with Crippen LogP contribution in [0.2, 0.25) is 0 Å². The molecular weight excluding hydrogens is 348 g/mol. The molecule has 1 saturated carbocycles. The summed E-state index contributed by atoms with van der Waals surface area (Å²) in [6.45, 7) is 4.98. The van der Waals surface area contributed by atoms with Crippen LogP contribution in [0.25, 0.3) is 0 Å². The molecule has 1 aromatic rings. The van der Waals surface area contributed by atoms with E-state index < -0.39 is 0 Å². The SMILES string of the molecule is CCC(CC)c1nnc(NC(=O)C2CCCN2C(=O)C2CCCCC2)s1. The lowest BCUT2D eigenvalue weighted by Crippen LogP contribution is -2.46. The second-order valence-electron chi connectivity index (χ2n) is 7.47. The maximum Gasteiger partial charge on any atom is 0.249 e. The number of amides is 2. The van der Waals surface area contributed by atoms with Gasteiger partial charge in [-0.2, -0.15) is 0 Å². The van der Waals surface area contributed by atoms with Crippen molar-refractivity contribution >= 4 is 28.3 Å². The topological polar surface area (TPSA) is 75.2 Å². The molecule has 1 atom stereocenters. The van der Waals surface area contributed by atoms with Gasteiger partial charge in [0.15, 0.2) is 0 Å². The van der Waals surface area contributed by atoms with Crippen molar-refractivity contribution in [1.82, 2.24) is 15.1 Å². The zero-order valence-electron chi connectivity index (χ0n) is 15.9. The van der Waals surface area contributed by atoms with Crippen LogP contribution < -0.4 is 5.32 Å². The average Bonchev–Trinajstić information content (AvgIpc) is 3.33. The molecule has 0 spiro atoms. The zero-order valence-corrected chi connectivity index (χ0v) is 16.7. The van der Waals surface area contributed by atoms with Crippen LogP contribution in [0.1, 0.15) is 82.6 Å². The van der Waals surface area contributed by atoms with Crippen LogP contribution in [-0.2, 0) is 9.59 Å². The van der Waals surface area contributed by atoms with Crippen molar-refractivity contribution in [3.8, 4) is 0 Å². The lowest BCUT2D eigenvalue weighted by atomic mass is 9.88. The molecule has 0 aromatic carbocycles. The van der Waals surface area contributed by atoms with Gasteiger partial charge >= 0.3 is 0 Å². The number of rotatable bonds is 6. The Balaban J connectivity index is 1.62. The Labute approximate surface area is 159 Å². The van der Waals surface area contributed by atoms with E-state index in [1.807, 2.05) is 4.90 Å². The minimum atomic E-state index is -0.357. The first-order chi connectivity index (χ1) is 12.6. The van der Waals surface area contributed by atoms with Gasteiger partial charge in [-0.25, -0.2) is 0 Å². The zero-order chi connectivity index (χ0) is 18.5. The molecule has 1 aromatic heterocycles. The molecule has 2 amide bonds. The quantitative estimate of drug-likeness (QED) is 0.813. The predicted octanol–water partition coefficient (Wildman–Crippen LogP) is 3.95. The first kappa shape index (κ1) is 19.3. The van der Waals surface area contributed by atoms with Gasteiger partial charge in [-0.15, -0.1) is 10.2 Å². The maximum atomic E-state index is 12.9. The van der Waals surface area contributed by atoms with E-state index in [1.54, 1.807) is 0 Å². The maximum absolute atomic E-state index is 12.9. The predicted molar refractivity (Wildman–Crippen MR) is 103 cm³/mol. The molecule has 2 fully saturated rings. The van der Waals surface area contributed by atoms with Crippen LogP contribution in [0.5, 0.6) is 0 Å². The molecular formula is C19H30N4O2S. The number of hydrogen-bond acceptors (Lipinski definition) is 5. The Bertz CT molecular complexity index is 623. The minimum Gasteiger partial charge on any atom is -0.330 e. The molecule has 3 rings (SSSR count). The van der Waals surface area contributed by atoms with Crippen molar-refractivity contribution in [2.45, 2.75) is 83.6 Å². The van der Waals surface area contributed by atoms with E-state index in [4.69, 9.17) is 0 Å². The van der Waals surface area contributed by atoms with E-state index in [9.17, 15) is 9.59 Å². The van der Waals surface area contributed by atoms with Gasteiger partial charge in [-0.3, -0.25) is 14.9 Å². The Morgan fingerprint density at radius 2 is 1.85 bits per heavy atom. The number of nitrogens with zero attached hydrogens (tertiary/aromatic N) is 3. The summed E-state index contributed by atoms with van der Waals surface area (Å²) in [4.78, 5) is 27.4. The van der Waals surface area contributed by atoms with Crippen LogP contribution in [0.4, 0.5) is 5.13 Å². The summed E-state index contributed by atoms with van der Waals surface area (Å²) in [5, 5.41) is 12.8. The molecule has 1 aliphatic carbocycles. The van der Waals surface area contributed by atoms with Crippen molar-refractivity contribution in [3.05, 3.63) is 5.01 Å². The lowest BCUT2D eigenvalue weighted by molar-refractivity contribution is -0.141. The van der Waals surface area contributed by atoms with Gasteiger partial charge < -0.3 is 4.90 Å². The fraction of sp³-hybridized carbons (Fsp3) is 0.789. The van der Waals surface area contributed by atoms with Crippen LogP contribution in [0.3, 0.4) is 0 Å². The Morgan fingerprint density at radius 3 is 2.54 bits per heavy atom. The number of carbonyl (C=O) groups is 2. The van der Waals surface area contributed by atoms with Gasteiger partial charge in [0.2, 0.25) is 16.9 Å². The highest BCUT2D eigenvalue weighted by Gasteiger charge is 2.37. The van der Waals surface area contributed by atoms with Crippen LogP contribution in [0.15, 0.2) is 0 Å². The first-order valence-corrected chi connectivity index (χ1v) is 10.9. The van der Waals surface area contributed by atoms with Crippen LogP contribution in [0, 0.1) is 5.92 Å². The van der Waals surface area contributed by atoms with Gasteiger partial charge in [0, 0.05) is 18.4 Å². The molecule has 1 unspecified atom stereocenters. The molecule has 1 aliphatic heterocycles. The highest BCUT2D eigenvalue weighted by molar-refractivity contribution is 7.15. The average molecular weight is 379 g/mol. The fourth-order valence-electron chi connectivity index (χ4n) is 4.16. The fourth-order valence-corrected chi connectivity index (χ4v) is 5.18. The molecule has 0 radical (unpaired) electrons. The number of anilines is 1. The monoisotopic (exact) mass is 378 g/mol. The number of hydrogen-bond donors (Lipinski definition) is 1. The molecule has 0 bridgehead atoms.